The highest BCUT2D eigenvalue weighted by Crippen LogP contribution is 2.33. The number of aliphatic hydroxyl groups is 2. The van der Waals surface area contributed by atoms with Crippen LogP contribution < -0.4 is 5.32 Å². The van der Waals surface area contributed by atoms with E-state index in [0.717, 1.165) is 5.56 Å². The summed E-state index contributed by atoms with van der Waals surface area (Å²) in [7, 11) is 0. The first-order valence-electron chi connectivity index (χ1n) is 4.64. The Hall–Kier alpha value is -0.170. The van der Waals surface area contributed by atoms with Crippen molar-refractivity contribution in [2.45, 2.75) is 13.0 Å². The lowest BCUT2D eigenvalue weighted by molar-refractivity contribution is 0.105. The van der Waals surface area contributed by atoms with Crippen molar-refractivity contribution in [1.29, 1.82) is 0 Å². The number of nitrogens with one attached hydrogen (secondary N) is 1. The number of halogens is 3. The van der Waals surface area contributed by atoms with Gasteiger partial charge in [0.1, 0.15) is 0 Å². The number of hydrogen-bond donors (Lipinski definition) is 3. The summed E-state index contributed by atoms with van der Waals surface area (Å²) in [6.07, 6.45) is -0.863. The van der Waals surface area contributed by atoms with Gasteiger partial charge in [-0.1, -0.05) is 0 Å². The summed E-state index contributed by atoms with van der Waals surface area (Å²) in [6.45, 7) is 1.66. The minimum atomic E-state index is -0.863. The fraction of sp³-hybridized carbons (Fsp3) is 0.400. The molecule has 0 aliphatic heterocycles. The van der Waals surface area contributed by atoms with Gasteiger partial charge >= 0.3 is 0 Å². The number of benzene rings is 1. The van der Waals surface area contributed by atoms with Crippen LogP contribution in [0.5, 0.6) is 0 Å². The number of aliphatic hydroxyl groups excluding tert-OH is 2. The van der Waals surface area contributed by atoms with Gasteiger partial charge in [-0.05, 0) is 50.4 Å². The van der Waals surface area contributed by atoms with Gasteiger partial charge in [0.25, 0.3) is 0 Å². The molecule has 0 aliphatic carbocycles. The lowest BCUT2D eigenvalue weighted by Crippen LogP contribution is -2.23. The number of anilines is 1. The zero-order valence-corrected chi connectivity index (χ0v) is 11.8. The first-order chi connectivity index (χ1) is 7.47. The van der Waals surface area contributed by atoms with E-state index in [1.54, 1.807) is 6.07 Å². The third-order valence-corrected chi connectivity index (χ3v) is 3.41. The van der Waals surface area contributed by atoms with E-state index in [1.807, 2.05) is 6.92 Å². The van der Waals surface area contributed by atoms with E-state index in [4.69, 9.17) is 5.11 Å². The topological polar surface area (TPSA) is 52.5 Å². The molecule has 0 radical (unpaired) electrons. The summed E-state index contributed by atoms with van der Waals surface area (Å²) >= 11 is 6.24. The molecule has 3 nitrogen and oxygen atoms in total. The maximum absolute atomic E-state index is 13.5. The van der Waals surface area contributed by atoms with Crippen LogP contribution >= 0.6 is 31.9 Å². The Labute approximate surface area is 110 Å². The molecule has 0 saturated carbocycles. The van der Waals surface area contributed by atoms with Crippen molar-refractivity contribution < 1.29 is 14.6 Å². The highest BCUT2D eigenvalue weighted by molar-refractivity contribution is 9.11. The summed E-state index contributed by atoms with van der Waals surface area (Å²) in [5, 5.41) is 20.7. The van der Waals surface area contributed by atoms with Gasteiger partial charge in [0.2, 0.25) is 0 Å². The van der Waals surface area contributed by atoms with Crippen molar-refractivity contribution in [3.63, 3.8) is 0 Å². The molecule has 0 fully saturated rings. The summed E-state index contributed by atoms with van der Waals surface area (Å²) in [5.41, 5.74) is 1.42. The van der Waals surface area contributed by atoms with E-state index in [1.165, 1.54) is 0 Å². The molecule has 0 saturated heterocycles. The predicted octanol–water partition coefficient (Wildman–Crippen LogP) is 2.42. The molecular weight excluding hydrogens is 345 g/mol. The SMILES string of the molecule is Cc1cc(Br)c(F)c(Br)c1NCC(O)CO. The molecule has 0 amide bonds. The van der Waals surface area contributed by atoms with Gasteiger partial charge in [0.15, 0.2) is 5.82 Å². The Morgan fingerprint density at radius 2 is 2.12 bits per heavy atom. The van der Waals surface area contributed by atoms with E-state index < -0.39 is 11.9 Å². The van der Waals surface area contributed by atoms with Crippen molar-refractivity contribution in [2.75, 3.05) is 18.5 Å². The van der Waals surface area contributed by atoms with Crippen molar-refractivity contribution in [1.82, 2.24) is 0 Å². The zero-order chi connectivity index (χ0) is 12.3. The van der Waals surface area contributed by atoms with Crippen LogP contribution in [-0.2, 0) is 0 Å². The first kappa shape index (κ1) is 13.9. The van der Waals surface area contributed by atoms with Crippen molar-refractivity contribution in [3.05, 3.63) is 26.4 Å². The number of aryl methyl sites for hydroxylation is 1. The molecule has 1 aromatic carbocycles. The van der Waals surface area contributed by atoms with E-state index in [9.17, 15) is 9.50 Å². The minimum Gasteiger partial charge on any atom is -0.394 e. The second-order valence-electron chi connectivity index (χ2n) is 3.40. The van der Waals surface area contributed by atoms with Crippen molar-refractivity contribution in [3.8, 4) is 0 Å². The maximum Gasteiger partial charge on any atom is 0.153 e. The Morgan fingerprint density at radius 3 is 2.69 bits per heavy atom. The normalized spacial score (nSPS) is 12.6. The molecular formula is C10H12Br2FNO2. The third kappa shape index (κ3) is 3.16. The summed E-state index contributed by atoms with van der Waals surface area (Å²) < 4.78 is 14.2. The van der Waals surface area contributed by atoms with Crippen molar-refractivity contribution in [2.24, 2.45) is 0 Å². The monoisotopic (exact) mass is 355 g/mol. The zero-order valence-electron chi connectivity index (χ0n) is 8.60. The second-order valence-corrected chi connectivity index (χ2v) is 5.04. The Kier molecular flexibility index (Phi) is 5.17. The molecule has 0 heterocycles. The lowest BCUT2D eigenvalue weighted by Gasteiger charge is -2.15. The van der Waals surface area contributed by atoms with Crippen LogP contribution in [0.1, 0.15) is 5.56 Å². The predicted molar refractivity (Wildman–Crippen MR) is 68.1 cm³/mol. The standard InChI is InChI=1S/C10H12Br2FNO2/c1-5-2-7(11)9(13)8(12)10(5)14-3-6(16)4-15/h2,6,14-16H,3-4H2,1H3. The summed E-state index contributed by atoms with van der Waals surface area (Å²) in [6, 6.07) is 1.65. The molecule has 0 aromatic heterocycles. The molecule has 1 rings (SSSR count). The van der Waals surface area contributed by atoms with E-state index in [0.29, 0.717) is 14.6 Å². The Balaban J connectivity index is 2.92. The smallest absolute Gasteiger partial charge is 0.153 e. The van der Waals surface area contributed by atoms with Crippen LogP contribution in [0, 0.1) is 12.7 Å². The van der Waals surface area contributed by atoms with Crippen LogP contribution in [0.4, 0.5) is 10.1 Å². The van der Waals surface area contributed by atoms with Gasteiger partial charge in [0, 0.05) is 6.54 Å². The van der Waals surface area contributed by atoms with Gasteiger partial charge in [-0.2, -0.15) is 0 Å². The molecule has 0 aliphatic rings. The van der Waals surface area contributed by atoms with E-state index >= 15 is 0 Å². The van der Waals surface area contributed by atoms with Crippen LogP contribution in [0.2, 0.25) is 0 Å². The Bertz CT molecular complexity index is 388. The van der Waals surface area contributed by atoms with E-state index in [2.05, 4.69) is 37.2 Å². The van der Waals surface area contributed by atoms with Crippen LogP contribution in [0.3, 0.4) is 0 Å². The van der Waals surface area contributed by atoms with Gasteiger partial charge in [-0.15, -0.1) is 0 Å². The maximum atomic E-state index is 13.5. The quantitative estimate of drug-likeness (QED) is 0.726. The van der Waals surface area contributed by atoms with Gasteiger partial charge in [-0.25, -0.2) is 4.39 Å². The Morgan fingerprint density at radius 1 is 1.50 bits per heavy atom. The minimum absolute atomic E-state index is 0.164. The average molecular weight is 357 g/mol. The number of hydrogen-bond acceptors (Lipinski definition) is 3. The van der Waals surface area contributed by atoms with Crippen LogP contribution in [0.25, 0.3) is 0 Å². The number of rotatable bonds is 4. The molecule has 1 atom stereocenters. The molecule has 1 aromatic rings. The largest absolute Gasteiger partial charge is 0.394 e. The molecule has 1 unspecified atom stereocenters. The third-order valence-electron chi connectivity index (χ3n) is 2.08. The summed E-state index contributed by atoms with van der Waals surface area (Å²) in [5.74, 6) is -0.397. The highest BCUT2D eigenvalue weighted by atomic mass is 79.9. The molecule has 3 N–H and O–H groups in total. The average Bonchev–Trinajstić information content (AvgIpc) is 2.25. The molecule has 6 heteroatoms. The fourth-order valence-electron chi connectivity index (χ4n) is 1.21. The van der Waals surface area contributed by atoms with Crippen LogP contribution in [0.15, 0.2) is 15.0 Å². The van der Waals surface area contributed by atoms with Gasteiger partial charge in [-0.3, -0.25) is 0 Å². The lowest BCUT2D eigenvalue weighted by atomic mass is 10.2. The van der Waals surface area contributed by atoms with Gasteiger partial charge in [0.05, 0.1) is 27.3 Å². The fourth-order valence-corrected chi connectivity index (χ4v) is 2.69. The second kappa shape index (κ2) is 5.95. The molecule has 90 valence electrons. The van der Waals surface area contributed by atoms with Crippen molar-refractivity contribution >= 4 is 37.5 Å². The molecule has 16 heavy (non-hydrogen) atoms. The van der Waals surface area contributed by atoms with Gasteiger partial charge < -0.3 is 15.5 Å². The van der Waals surface area contributed by atoms with Crippen LogP contribution in [-0.4, -0.2) is 29.5 Å². The van der Waals surface area contributed by atoms with E-state index in [-0.39, 0.29) is 13.2 Å². The molecule has 0 bridgehead atoms. The molecule has 0 spiro atoms. The highest BCUT2D eigenvalue weighted by Gasteiger charge is 2.13. The first-order valence-corrected chi connectivity index (χ1v) is 6.22. The summed E-state index contributed by atoms with van der Waals surface area (Å²) in [4.78, 5) is 0.